The molecule has 3 aromatic rings. The fourth-order valence-corrected chi connectivity index (χ4v) is 5.42. The van der Waals surface area contributed by atoms with Gasteiger partial charge in [0.05, 0.1) is 18.4 Å². The molecule has 9 nitrogen and oxygen atoms in total. The van der Waals surface area contributed by atoms with E-state index in [0.29, 0.717) is 43.2 Å². The summed E-state index contributed by atoms with van der Waals surface area (Å²) in [6.45, 7) is 9.02. The standard InChI is InChI=1S/C30H34F3N5O4/c1-17-35-28(42-37-17)24-13-23(24)27(40)34-14-19-8-9-21(18-6-5-7-20(12-18)41-30(31,32)33)22-10-11-38(15-25(19)22)16-26(39)36-29(2,3)4/h5-9,12,23-24H,10-11,13-16H2,1-4H3,(H,34,40)(H,36,39)/t23-,24+/m0/s1. The molecule has 1 saturated carbocycles. The number of carbonyl (C=O) groups is 2. The molecule has 5 rings (SSSR count). The van der Waals surface area contributed by atoms with Crippen LogP contribution in [-0.4, -0.2) is 51.8 Å². The topological polar surface area (TPSA) is 110 Å². The molecule has 1 fully saturated rings. The van der Waals surface area contributed by atoms with Gasteiger partial charge in [-0.2, -0.15) is 4.98 Å². The molecule has 2 aliphatic rings. The van der Waals surface area contributed by atoms with E-state index in [1.54, 1.807) is 13.0 Å². The molecule has 0 radical (unpaired) electrons. The van der Waals surface area contributed by atoms with Crippen LogP contribution in [0.15, 0.2) is 40.9 Å². The summed E-state index contributed by atoms with van der Waals surface area (Å²) < 4.78 is 48.0. The van der Waals surface area contributed by atoms with E-state index < -0.39 is 6.36 Å². The highest BCUT2D eigenvalue weighted by atomic mass is 19.4. The van der Waals surface area contributed by atoms with Gasteiger partial charge in [0.15, 0.2) is 5.82 Å². The van der Waals surface area contributed by atoms with Gasteiger partial charge in [0.1, 0.15) is 5.75 Å². The van der Waals surface area contributed by atoms with Crippen LogP contribution in [0, 0.1) is 12.8 Å². The van der Waals surface area contributed by atoms with Crippen LogP contribution in [0.2, 0.25) is 0 Å². The van der Waals surface area contributed by atoms with Crippen LogP contribution in [0.3, 0.4) is 0 Å². The Morgan fingerprint density at radius 2 is 1.93 bits per heavy atom. The maximum Gasteiger partial charge on any atom is 0.573 e. The van der Waals surface area contributed by atoms with E-state index in [-0.39, 0.29) is 48.0 Å². The lowest BCUT2D eigenvalue weighted by atomic mass is 9.87. The molecular formula is C30H34F3N5O4. The van der Waals surface area contributed by atoms with Crippen LogP contribution in [-0.2, 0) is 29.1 Å². The van der Waals surface area contributed by atoms with Crippen LogP contribution in [0.25, 0.3) is 11.1 Å². The number of benzene rings is 2. The first kappa shape index (κ1) is 29.6. The zero-order valence-corrected chi connectivity index (χ0v) is 24.0. The second kappa shape index (κ2) is 11.4. The van der Waals surface area contributed by atoms with Crippen molar-refractivity contribution in [2.24, 2.45) is 5.92 Å². The molecule has 2 N–H and O–H groups in total. The number of nitrogens with zero attached hydrogens (tertiary/aromatic N) is 3. The Morgan fingerprint density at radius 1 is 1.14 bits per heavy atom. The van der Waals surface area contributed by atoms with Crippen molar-refractivity contribution >= 4 is 11.8 Å². The van der Waals surface area contributed by atoms with E-state index >= 15 is 0 Å². The third-order valence-electron chi connectivity index (χ3n) is 7.29. The molecular weight excluding hydrogens is 551 g/mol. The number of nitrogens with one attached hydrogen (secondary N) is 2. The van der Waals surface area contributed by atoms with Gasteiger partial charge in [-0.25, -0.2) is 0 Å². The number of alkyl halides is 3. The zero-order valence-electron chi connectivity index (χ0n) is 24.0. The van der Waals surface area contributed by atoms with E-state index in [2.05, 4.69) is 25.5 Å². The summed E-state index contributed by atoms with van der Waals surface area (Å²) in [7, 11) is 0. The van der Waals surface area contributed by atoms with Crippen LogP contribution in [0.5, 0.6) is 5.75 Å². The predicted molar refractivity (Wildman–Crippen MR) is 147 cm³/mol. The second-order valence-corrected chi connectivity index (χ2v) is 11.9. The summed E-state index contributed by atoms with van der Waals surface area (Å²) in [5, 5.41) is 9.81. The molecule has 2 atom stereocenters. The van der Waals surface area contributed by atoms with Crippen LogP contribution >= 0.6 is 0 Å². The van der Waals surface area contributed by atoms with E-state index in [1.165, 1.54) is 18.2 Å². The fraction of sp³-hybridized carbons (Fsp3) is 0.467. The van der Waals surface area contributed by atoms with Crippen LogP contribution in [0.4, 0.5) is 13.2 Å². The molecule has 0 saturated heterocycles. The monoisotopic (exact) mass is 585 g/mol. The maximum atomic E-state index is 12.9. The Bertz CT molecular complexity index is 1480. The molecule has 0 spiro atoms. The predicted octanol–water partition coefficient (Wildman–Crippen LogP) is 4.64. The number of aromatic nitrogens is 2. The van der Waals surface area contributed by atoms with Crippen molar-refractivity contribution in [2.45, 2.75) is 71.4 Å². The molecule has 1 aliphatic carbocycles. The van der Waals surface area contributed by atoms with E-state index in [4.69, 9.17) is 4.52 Å². The Hall–Kier alpha value is -3.93. The molecule has 2 heterocycles. The number of carbonyl (C=O) groups excluding carboxylic acids is 2. The van der Waals surface area contributed by atoms with Gasteiger partial charge >= 0.3 is 6.36 Å². The third kappa shape index (κ3) is 7.28. The van der Waals surface area contributed by atoms with Gasteiger partial charge in [0.25, 0.3) is 0 Å². The quantitative estimate of drug-likeness (QED) is 0.397. The largest absolute Gasteiger partial charge is 0.573 e. The number of halogens is 3. The molecule has 0 bridgehead atoms. The smallest absolute Gasteiger partial charge is 0.406 e. The van der Waals surface area contributed by atoms with Gasteiger partial charge in [0, 0.05) is 25.2 Å². The summed E-state index contributed by atoms with van der Waals surface area (Å²) in [5.74, 6) is 0.165. The third-order valence-corrected chi connectivity index (χ3v) is 7.29. The van der Waals surface area contributed by atoms with Gasteiger partial charge in [-0.1, -0.05) is 29.4 Å². The van der Waals surface area contributed by atoms with Crippen molar-refractivity contribution < 1.29 is 32.0 Å². The minimum absolute atomic E-state index is 0.0921. The first-order valence-electron chi connectivity index (χ1n) is 13.9. The molecule has 2 aromatic carbocycles. The minimum Gasteiger partial charge on any atom is -0.406 e. The molecule has 224 valence electrons. The second-order valence-electron chi connectivity index (χ2n) is 11.9. The molecule has 1 aromatic heterocycles. The fourth-order valence-electron chi connectivity index (χ4n) is 5.42. The lowest BCUT2D eigenvalue weighted by Gasteiger charge is -2.32. The lowest BCUT2D eigenvalue weighted by Crippen LogP contribution is -2.47. The van der Waals surface area contributed by atoms with E-state index in [1.807, 2.05) is 37.8 Å². The van der Waals surface area contributed by atoms with Crippen molar-refractivity contribution in [1.29, 1.82) is 0 Å². The minimum atomic E-state index is -4.79. The summed E-state index contributed by atoms with van der Waals surface area (Å²) in [6, 6.07) is 9.67. The number of hydrogen-bond acceptors (Lipinski definition) is 7. The first-order valence-corrected chi connectivity index (χ1v) is 13.9. The van der Waals surface area contributed by atoms with Gasteiger partial charge < -0.3 is 19.9 Å². The number of ether oxygens (including phenoxy) is 1. The highest BCUT2D eigenvalue weighted by Crippen LogP contribution is 2.47. The summed E-state index contributed by atoms with van der Waals surface area (Å²) >= 11 is 0. The number of hydrogen-bond donors (Lipinski definition) is 2. The average Bonchev–Trinajstić information content (AvgIpc) is 3.57. The zero-order chi connectivity index (χ0) is 30.2. The van der Waals surface area contributed by atoms with Gasteiger partial charge in [-0.3, -0.25) is 14.5 Å². The summed E-state index contributed by atoms with van der Waals surface area (Å²) in [4.78, 5) is 31.9. The van der Waals surface area contributed by atoms with Crippen molar-refractivity contribution in [3.63, 3.8) is 0 Å². The van der Waals surface area contributed by atoms with Crippen molar-refractivity contribution in [2.75, 3.05) is 13.1 Å². The van der Waals surface area contributed by atoms with Crippen molar-refractivity contribution in [3.8, 4) is 16.9 Å². The van der Waals surface area contributed by atoms with Crippen LogP contribution < -0.4 is 15.4 Å². The highest BCUT2D eigenvalue weighted by molar-refractivity contribution is 5.82. The molecule has 12 heteroatoms. The average molecular weight is 586 g/mol. The van der Waals surface area contributed by atoms with Gasteiger partial charge in [-0.05, 0) is 80.5 Å². The molecule has 1 aliphatic heterocycles. The van der Waals surface area contributed by atoms with Crippen molar-refractivity contribution in [1.82, 2.24) is 25.7 Å². The van der Waals surface area contributed by atoms with Gasteiger partial charge in [0.2, 0.25) is 17.7 Å². The van der Waals surface area contributed by atoms with E-state index in [0.717, 1.165) is 22.3 Å². The Morgan fingerprint density at radius 3 is 2.62 bits per heavy atom. The molecule has 0 unspecified atom stereocenters. The molecule has 2 amide bonds. The SMILES string of the molecule is Cc1noc([C@@H]2C[C@@H]2C(=O)NCc2ccc(-c3cccc(OC(F)(F)F)c3)c3c2CN(CC(=O)NC(C)(C)C)CC3)n1. The molecule has 42 heavy (non-hydrogen) atoms. The maximum absolute atomic E-state index is 12.9. The number of aryl methyl sites for hydroxylation is 1. The summed E-state index contributed by atoms with van der Waals surface area (Å²) in [5.41, 5.74) is 3.83. The normalized spacial score (nSPS) is 18.7. The van der Waals surface area contributed by atoms with Crippen LogP contribution in [0.1, 0.15) is 61.5 Å². The lowest BCUT2D eigenvalue weighted by molar-refractivity contribution is -0.274. The van der Waals surface area contributed by atoms with Gasteiger partial charge in [-0.15, -0.1) is 13.2 Å². The summed E-state index contributed by atoms with van der Waals surface area (Å²) in [6.07, 6.45) is -3.57. The Balaban J connectivity index is 1.37. The highest BCUT2D eigenvalue weighted by Gasteiger charge is 2.47. The van der Waals surface area contributed by atoms with E-state index in [9.17, 15) is 22.8 Å². The number of amides is 2. The number of rotatable bonds is 8. The number of fused-ring (bicyclic) bond motifs is 1. The Labute approximate surface area is 241 Å². The first-order chi connectivity index (χ1) is 19.8. The van der Waals surface area contributed by atoms with Crippen molar-refractivity contribution in [3.05, 3.63) is 64.8 Å². The Kier molecular flexibility index (Phi) is 8.02.